The molecule has 0 bridgehead atoms. The highest BCUT2D eigenvalue weighted by Gasteiger charge is 2.20. The van der Waals surface area contributed by atoms with Crippen molar-refractivity contribution in [3.05, 3.63) is 0 Å². The summed E-state index contributed by atoms with van der Waals surface area (Å²) in [5, 5.41) is 3.39. The van der Waals surface area contributed by atoms with Gasteiger partial charge in [-0.1, -0.05) is 0 Å². The molecule has 0 spiro atoms. The summed E-state index contributed by atoms with van der Waals surface area (Å²) in [7, 11) is 0. The molecular weight excluding hydrogens is 182 g/mol. The number of ether oxygens (including phenoxy) is 1. The molecule has 2 rings (SSSR count). The first-order valence-electron chi connectivity index (χ1n) is 5.39. The van der Waals surface area contributed by atoms with Gasteiger partial charge in [0.1, 0.15) is 0 Å². The van der Waals surface area contributed by atoms with E-state index in [2.05, 4.69) is 5.32 Å². The van der Waals surface area contributed by atoms with Crippen molar-refractivity contribution in [2.75, 3.05) is 24.6 Å². The lowest BCUT2D eigenvalue weighted by Crippen LogP contribution is -2.38. The van der Waals surface area contributed by atoms with E-state index in [4.69, 9.17) is 4.74 Å². The molecule has 0 aromatic heterocycles. The van der Waals surface area contributed by atoms with Crippen LogP contribution in [0.2, 0.25) is 0 Å². The molecule has 2 atom stereocenters. The fraction of sp³-hybridized carbons (Fsp3) is 1.00. The molecule has 76 valence electrons. The molecule has 0 aliphatic carbocycles. The maximum atomic E-state index is 6.05. The first kappa shape index (κ1) is 9.81. The SMILES string of the molecule is C1CNCC(OC2CCCSC2)C1. The number of hydrogen-bond acceptors (Lipinski definition) is 3. The van der Waals surface area contributed by atoms with Gasteiger partial charge >= 0.3 is 0 Å². The zero-order valence-corrected chi connectivity index (χ0v) is 8.94. The van der Waals surface area contributed by atoms with Crippen molar-refractivity contribution < 1.29 is 4.74 Å². The summed E-state index contributed by atoms with van der Waals surface area (Å²) >= 11 is 2.05. The van der Waals surface area contributed by atoms with E-state index in [1.807, 2.05) is 11.8 Å². The summed E-state index contributed by atoms with van der Waals surface area (Å²) in [4.78, 5) is 0. The summed E-state index contributed by atoms with van der Waals surface area (Å²) in [5.74, 6) is 2.55. The number of nitrogens with one attached hydrogen (secondary N) is 1. The standard InChI is InChI=1S/C10H19NOS/c1-3-9(7-11-5-1)12-10-4-2-6-13-8-10/h9-11H,1-8H2. The van der Waals surface area contributed by atoms with Crippen LogP contribution in [0, 0.1) is 0 Å². The molecule has 0 saturated carbocycles. The van der Waals surface area contributed by atoms with E-state index in [1.54, 1.807) is 0 Å². The average molecular weight is 201 g/mol. The number of thioether (sulfide) groups is 1. The average Bonchev–Trinajstić information content (AvgIpc) is 2.21. The first-order chi connectivity index (χ1) is 6.45. The van der Waals surface area contributed by atoms with Crippen LogP contribution in [0.25, 0.3) is 0 Å². The highest BCUT2D eigenvalue weighted by atomic mass is 32.2. The van der Waals surface area contributed by atoms with Crippen LogP contribution < -0.4 is 5.32 Å². The molecule has 0 radical (unpaired) electrons. The second-order valence-corrected chi connectivity index (χ2v) is 5.09. The largest absolute Gasteiger partial charge is 0.373 e. The van der Waals surface area contributed by atoms with Crippen LogP contribution in [-0.2, 0) is 4.74 Å². The van der Waals surface area contributed by atoms with Gasteiger partial charge in [-0.3, -0.25) is 0 Å². The van der Waals surface area contributed by atoms with E-state index < -0.39 is 0 Å². The third kappa shape index (κ3) is 3.15. The van der Waals surface area contributed by atoms with E-state index >= 15 is 0 Å². The lowest BCUT2D eigenvalue weighted by Gasteiger charge is -2.29. The number of piperidine rings is 1. The highest BCUT2D eigenvalue weighted by Crippen LogP contribution is 2.22. The van der Waals surface area contributed by atoms with Crippen LogP contribution in [0.5, 0.6) is 0 Å². The van der Waals surface area contributed by atoms with E-state index in [0.717, 1.165) is 6.54 Å². The normalized spacial score (nSPS) is 36.0. The van der Waals surface area contributed by atoms with Gasteiger partial charge in [-0.2, -0.15) is 11.8 Å². The maximum absolute atomic E-state index is 6.05. The lowest BCUT2D eigenvalue weighted by molar-refractivity contribution is -0.0160. The quantitative estimate of drug-likeness (QED) is 0.734. The molecule has 2 nitrogen and oxygen atoms in total. The van der Waals surface area contributed by atoms with Crippen LogP contribution in [0.1, 0.15) is 25.7 Å². The Morgan fingerprint density at radius 1 is 1.15 bits per heavy atom. The fourth-order valence-electron chi connectivity index (χ4n) is 2.03. The lowest BCUT2D eigenvalue weighted by atomic mass is 10.1. The Kier molecular flexibility index (Phi) is 3.94. The fourth-order valence-corrected chi connectivity index (χ4v) is 3.07. The van der Waals surface area contributed by atoms with Crippen LogP contribution in [0.15, 0.2) is 0 Å². The van der Waals surface area contributed by atoms with Gasteiger partial charge in [0.05, 0.1) is 12.2 Å². The monoisotopic (exact) mass is 201 g/mol. The second kappa shape index (κ2) is 5.23. The van der Waals surface area contributed by atoms with Crippen LogP contribution in [0.3, 0.4) is 0 Å². The predicted octanol–water partition coefficient (Wildman–Crippen LogP) is 1.65. The van der Waals surface area contributed by atoms with Crippen molar-refractivity contribution >= 4 is 11.8 Å². The van der Waals surface area contributed by atoms with E-state index in [1.165, 1.54) is 43.7 Å². The molecule has 13 heavy (non-hydrogen) atoms. The molecule has 2 aliphatic rings. The molecule has 2 saturated heterocycles. The van der Waals surface area contributed by atoms with Crippen molar-refractivity contribution in [1.29, 1.82) is 0 Å². The van der Waals surface area contributed by atoms with Gasteiger partial charge in [-0.15, -0.1) is 0 Å². The zero-order valence-electron chi connectivity index (χ0n) is 8.13. The van der Waals surface area contributed by atoms with Crippen LogP contribution >= 0.6 is 11.8 Å². The van der Waals surface area contributed by atoms with Gasteiger partial charge in [0.15, 0.2) is 0 Å². The zero-order chi connectivity index (χ0) is 8.93. The molecule has 2 fully saturated rings. The van der Waals surface area contributed by atoms with Crippen LogP contribution in [-0.4, -0.2) is 36.8 Å². The molecule has 3 heteroatoms. The summed E-state index contributed by atoms with van der Waals surface area (Å²) < 4.78 is 6.05. The third-order valence-corrected chi connectivity index (χ3v) is 3.94. The van der Waals surface area contributed by atoms with E-state index in [-0.39, 0.29) is 0 Å². The molecule has 2 aliphatic heterocycles. The van der Waals surface area contributed by atoms with Gasteiger partial charge in [0.2, 0.25) is 0 Å². The van der Waals surface area contributed by atoms with Gasteiger partial charge in [0.25, 0.3) is 0 Å². The minimum absolute atomic E-state index is 0.498. The molecule has 2 unspecified atom stereocenters. The summed E-state index contributed by atoms with van der Waals surface area (Å²) in [5.41, 5.74) is 0. The van der Waals surface area contributed by atoms with Crippen molar-refractivity contribution in [3.8, 4) is 0 Å². The van der Waals surface area contributed by atoms with Gasteiger partial charge in [-0.05, 0) is 38.0 Å². The Morgan fingerprint density at radius 2 is 2.08 bits per heavy atom. The van der Waals surface area contributed by atoms with Crippen molar-refractivity contribution in [2.45, 2.75) is 37.9 Å². The molecule has 0 amide bonds. The number of rotatable bonds is 2. The molecule has 0 aromatic carbocycles. The predicted molar refractivity (Wildman–Crippen MR) is 57.3 cm³/mol. The minimum atomic E-state index is 0.498. The van der Waals surface area contributed by atoms with Gasteiger partial charge < -0.3 is 10.1 Å². The second-order valence-electron chi connectivity index (χ2n) is 3.94. The molecular formula is C10H19NOS. The van der Waals surface area contributed by atoms with Crippen molar-refractivity contribution in [1.82, 2.24) is 5.32 Å². The Morgan fingerprint density at radius 3 is 2.77 bits per heavy atom. The van der Waals surface area contributed by atoms with Crippen LogP contribution in [0.4, 0.5) is 0 Å². The van der Waals surface area contributed by atoms with Crippen molar-refractivity contribution in [3.63, 3.8) is 0 Å². The van der Waals surface area contributed by atoms with Crippen molar-refractivity contribution in [2.24, 2.45) is 0 Å². The Hall–Kier alpha value is 0.270. The topological polar surface area (TPSA) is 21.3 Å². The third-order valence-electron chi connectivity index (χ3n) is 2.76. The Labute approximate surface area is 84.8 Å². The summed E-state index contributed by atoms with van der Waals surface area (Å²) in [6.07, 6.45) is 6.21. The summed E-state index contributed by atoms with van der Waals surface area (Å²) in [6, 6.07) is 0. The highest BCUT2D eigenvalue weighted by molar-refractivity contribution is 7.99. The number of hydrogen-bond donors (Lipinski definition) is 1. The Bertz CT molecular complexity index is 126. The van der Waals surface area contributed by atoms with Gasteiger partial charge in [0, 0.05) is 12.3 Å². The first-order valence-corrected chi connectivity index (χ1v) is 6.54. The molecule has 0 aromatic rings. The molecule has 1 N–H and O–H groups in total. The van der Waals surface area contributed by atoms with E-state index in [9.17, 15) is 0 Å². The van der Waals surface area contributed by atoms with E-state index in [0.29, 0.717) is 12.2 Å². The smallest absolute Gasteiger partial charge is 0.0704 e. The minimum Gasteiger partial charge on any atom is -0.373 e. The summed E-state index contributed by atoms with van der Waals surface area (Å²) in [6.45, 7) is 2.25. The van der Waals surface area contributed by atoms with Gasteiger partial charge in [-0.25, -0.2) is 0 Å². The Balaban J connectivity index is 1.69. The maximum Gasteiger partial charge on any atom is 0.0704 e. The molecule has 2 heterocycles.